The second-order valence-electron chi connectivity index (χ2n) is 18.4. The van der Waals surface area contributed by atoms with Crippen LogP contribution < -0.4 is 10.6 Å². The van der Waals surface area contributed by atoms with Crippen molar-refractivity contribution >= 4 is 56.8 Å². The van der Waals surface area contributed by atoms with Crippen LogP contribution in [-0.4, -0.2) is 78.0 Å². The Balaban J connectivity index is 0.777. The Hall–Kier alpha value is -8.00. The van der Waals surface area contributed by atoms with Crippen LogP contribution in [0.25, 0.3) is 55.1 Å². The number of amides is 4. The number of methoxy groups -OCH3 is 1. The topological polar surface area (TPSA) is 186 Å². The minimum Gasteiger partial charge on any atom is -0.465 e. The summed E-state index contributed by atoms with van der Waals surface area (Å²) in [5.74, 6) is 1.78. The molecule has 2 aliphatic carbocycles. The number of benzene rings is 6. The molecule has 8 aromatic rings. The van der Waals surface area contributed by atoms with Crippen LogP contribution in [0.15, 0.2) is 133 Å². The van der Waals surface area contributed by atoms with Gasteiger partial charge in [-0.1, -0.05) is 97.1 Å². The fourth-order valence-corrected chi connectivity index (χ4v) is 10.8. The molecule has 2 saturated carbocycles. The average Bonchev–Trinajstić information content (AvgIpc) is 4.02. The van der Waals surface area contributed by atoms with Crippen molar-refractivity contribution in [2.24, 2.45) is 11.8 Å². The van der Waals surface area contributed by atoms with Crippen molar-refractivity contribution in [3.63, 3.8) is 0 Å². The van der Waals surface area contributed by atoms with Crippen molar-refractivity contribution in [2.45, 2.75) is 61.9 Å². The molecule has 0 spiro atoms. The maximum atomic E-state index is 14.3. The van der Waals surface area contributed by atoms with Gasteiger partial charge in [0.15, 0.2) is 0 Å². The summed E-state index contributed by atoms with van der Waals surface area (Å²) >= 11 is 0. The standard InChI is InChI=1S/C53H46N8O6/c1-67-53(66)59-47(29-10-6-3-7-11-29)51(63)61-43-25-37(43)27-45(61)49-55-39-19-17-35(23-41(39)57-49)33-15-13-30-20-32(14-12-31(30)21-33)34-16-18-38-40(22-34)56-48(54-38)44-26-36-24-42(36)60(44)50(62)46(58-52(64)65)28-8-4-2-5-9-28/h2-23,36-37,42-47,58H,24-27H2,1H3,(H,54,56)(H,55,57)(H,59,66)(H,64,65)/t36-,37-,42-,43-,44+,45+,46?,47?/m1/s1. The number of hydrogen-bond acceptors (Lipinski definition) is 7. The highest BCUT2D eigenvalue weighted by molar-refractivity contribution is 5.94. The Morgan fingerprint density at radius 2 is 1.01 bits per heavy atom. The first kappa shape index (κ1) is 40.5. The number of H-pyrrole nitrogens is 2. The van der Waals surface area contributed by atoms with E-state index in [9.17, 15) is 24.3 Å². The lowest BCUT2D eigenvalue weighted by Crippen LogP contribution is -2.44. The molecule has 67 heavy (non-hydrogen) atoms. The second kappa shape index (κ2) is 15.9. The van der Waals surface area contributed by atoms with Crippen LogP contribution in [0.2, 0.25) is 0 Å². The van der Waals surface area contributed by atoms with Gasteiger partial charge in [0.2, 0.25) is 0 Å². The van der Waals surface area contributed by atoms with Gasteiger partial charge in [-0.15, -0.1) is 0 Å². The molecule has 2 aliphatic heterocycles. The van der Waals surface area contributed by atoms with Gasteiger partial charge in [0.1, 0.15) is 23.7 Å². The lowest BCUT2D eigenvalue weighted by atomic mass is 9.97. The Bertz CT molecular complexity index is 3280. The van der Waals surface area contributed by atoms with Crippen LogP contribution in [0.1, 0.15) is 72.6 Å². The number of piperidine rings is 2. The monoisotopic (exact) mass is 890 g/mol. The molecule has 14 heteroatoms. The first-order valence-corrected chi connectivity index (χ1v) is 22.8. The first-order chi connectivity index (χ1) is 32.7. The van der Waals surface area contributed by atoms with Gasteiger partial charge in [0.25, 0.3) is 11.8 Å². The predicted molar refractivity (Wildman–Crippen MR) is 251 cm³/mol. The summed E-state index contributed by atoms with van der Waals surface area (Å²) in [6.07, 6.45) is 1.52. The molecule has 5 N–H and O–H groups in total. The summed E-state index contributed by atoms with van der Waals surface area (Å²) in [4.78, 5) is 73.4. The van der Waals surface area contributed by atoms with Crippen LogP contribution in [0.3, 0.4) is 0 Å². The molecule has 0 radical (unpaired) electrons. The lowest BCUT2D eigenvalue weighted by Gasteiger charge is -2.30. The summed E-state index contributed by atoms with van der Waals surface area (Å²) in [6.45, 7) is 0. The van der Waals surface area contributed by atoms with E-state index in [4.69, 9.17) is 14.7 Å². The third kappa shape index (κ3) is 7.29. The fraction of sp³-hybridized carbons (Fsp3) is 0.245. The van der Waals surface area contributed by atoms with Gasteiger partial charge in [0.05, 0.1) is 41.3 Å². The van der Waals surface area contributed by atoms with E-state index in [0.717, 1.165) is 86.6 Å². The molecule has 6 aromatic carbocycles. The average molecular weight is 891 g/mol. The van der Waals surface area contributed by atoms with Gasteiger partial charge in [-0.05, 0) is 118 Å². The Labute approximate surface area is 384 Å². The van der Waals surface area contributed by atoms with Gasteiger partial charge >= 0.3 is 12.2 Å². The molecule has 2 saturated heterocycles. The van der Waals surface area contributed by atoms with Crippen molar-refractivity contribution in [1.29, 1.82) is 0 Å². The zero-order valence-electron chi connectivity index (χ0n) is 36.4. The zero-order chi connectivity index (χ0) is 45.5. The molecule has 14 nitrogen and oxygen atoms in total. The van der Waals surface area contributed by atoms with E-state index in [2.05, 4.69) is 81.3 Å². The largest absolute Gasteiger partial charge is 0.465 e. The van der Waals surface area contributed by atoms with E-state index in [-0.39, 0.29) is 36.0 Å². The number of nitrogens with zero attached hydrogens (tertiary/aromatic N) is 4. The van der Waals surface area contributed by atoms with Crippen molar-refractivity contribution in [1.82, 2.24) is 40.4 Å². The number of carbonyl (C=O) groups excluding carboxylic acids is 3. The molecule has 4 amide bonds. The SMILES string of the molecule is COC(=O)NC(C(=O)N1[C@@H]2C[C@@H]2C[C@H]1c1nc2ccc(-c3ccc4cc(-c5ccc6nc([C@@H]7C[C@H]8C[C@H]8N7C(=O)C(NC(=O)O)c7ccccc7)[nH]c6c5)ccc4c3)cc2[nH]1)c1ccccc1. The predicted octanol–water partition coefficient (Wildman–Crippen LogP) is 9.36. The molecule has 2 unspecified atom stereocenters. The third-order valence-corrected chi connectivity index (χ3v) is 14.3. The van der Waals surface area contributed by atoms with E-state index in [0.29, 0.717) is 28.8 Å². The molecular weight excluding hydrogens is 845 g/mol. The molecule has 4 heterocycles. The minimum atomic E-state index is -1.25. The highest BCUT2D eigenvalue weighted by Crippen LogP contribution is 2.55. The van der Waals surface area contributed by atoms with E-state index in [1.807, 2.05) is 58.3 Å². The van der Waals surface area contributed by atoms with E-state index < -0.39 is 24.3 Å². The summed E-state index contributed by atoms with van der Waals surface area (Å²) in [5.41, 5.74) is 8.87. The Kier molecular flexibility index (Phi) is 9.59. The number of likely N-dealkylation sites (tertiary alicyclic amines) is 2. The molecule has 2 aromatic heterocycles. The molecule has 8 atom stereocenters. The molecule has 0 bridgehead atoms. The molecule has 334 valence electrons. The van der Waals surface area contributed by atoms with Gasteiger partial charge in [-0.25, -0.2) is 19.6 Å². The quantitative estimate of drug-likeness (QED) is 0.0899. The normalized spacial score (nSPS) is 22.3. The van der Waals surface area contributed by atoms with Crippen molar-refractivity contribution in [3.8, 4) is 22.3 Å². The molecular formula is C53H46N8O6. The highest BCUT2D eigenvalue weighted by atomic mass is 16.5. The number of nitrogens with one attached hydrogen (secondary N) is 4. The maximum absolute atomic E-state index is 14.3. The number of ether oxygens (including phenoxy) is 1. The number of alkyl carbamates (subject to hydrolysis) is 1. The van der Waals surface area contributed by atoms with E-state index >= 15 is 0 Å². The molecule has 4 aliphatic rings. The number of fused-ring (bicyclic) bond motifs is 5. The maximum Gasteiger partial charge on any atom is 0.407 e. The number of aromatic nitrogens is 4. The van der Waals surface area contributed by atoms with Gasteiger partial charge in [0, 0.05) is 12.1 Å². The summed E-state index contributed by atoms with van der Waals surface area (Å²) < 4.78 is 4.89. The van der Waals surface area contributed by atoms with Crippen LogP contribution in [0.5, 0.6) is 0 Å². The Morgan fingerprint density at radius 1 is 0.582 bits per heavy atom. The van der Waals surface area contributed by atoms with Crippen molar-refractivity contribution in [2.75, 3.05) is 7.11 Å². The van der Waals surface area contributed by atoms with Gasteiger partial charge in [-0.2, -0.15) is 0 Å². The summed E-state index contributed by atoms with van der Waals surface area (Å²) in [5, 5.41) is 17.1. The van der Waals surface area contributed by atoms with Crippen LogP contribution >= 0.6 is 0 Å². The fourth-order valence-electron chi connectivity index (χ4n) is 10.8. The van der Waals surface area contributed by atoms with Crippen LogP contribution in [0.4, 0.5) is 9.59 Å². The number of imidazole rings is 2. The minimum absolute atomic E-state index is 0.0681. The number of rotatable bonds is 10. The summed E-state index contributed by atoms with van der Waals surface area (Å²) in [7, 11) is 1.29. The van der Waals surface area contributed by atoms with Gasteiger partial charge < -0.3 is 40.2 Å². The number of carboxylic acid groups (broad SMARTS) is 1. The third-order valence-electron chi connectivity index (χ3n) is 14.3. The van der Waals surface area contributed by atoms with Crippen molar-refractivity contribution < 1.29 is 29.0 Å². The number of carbonyl (C=O) groups is 4. The van der Waals surface area contributed by atoms with Crippen molar-refractivity contribution in [3.05, 3.63) is 156 Å². The smallest absolute Gasteiger partial charge is 0.407 e. The first-order valence-electron chi connectivity index (χ1n) is 22.8. The molecule has 12 rings (SSSR count). The lowest BCUT2D eigenvalue weighted by molar-refractivity contribution is -0.136. The van der Waals surface area contributed by atoms with Crippen LogP contribution in [0, 0.1) is 11.8 Å². The van der Waals surface area contributed by atoms with Gasteiger partial charge in [-0.3, -0.25) is 9.59 Å². The highest BCUT2D eigenvalue weighted by Gasteiger charge is 2.57. The number of hydrogen-bond donors (Lipinski definition) is 5. The summed E-state index contributed by atoms with van der Waals surface area (Å²) in [6, 6.07) is 41.3. The van der Waals surface area contributed by atoms with E-state index in [1.165, 1.54) is 7.11 Å². The van der Waals surface area contributed by atoms with Crippen LogP contribution in [-0.2, 0) is 14.3 Å². The zero-order valence-corrected chi connectivity index (χ0v) is 36.4. The second-order valence-corrected chi connectivity index (χ2v) is 18.4. The molecule has 4 fully saturated rings. The van der Waals surface area contributed by atoms with E-state index in [1.54, 1.807) is 24.3 Å². The number of aromatic amines is 2. The Morgan fingerprint density at radius 3 is 1.46 bits per heavy atom.